The summed E-state index contributed by atoms with van der Waals surface area (Å²) >= 11 is 8.01. The first-order valence-corrected chi connectivity index (χ1v) is 12.3. The fourth-order valence-corrected chi connectivity index (χ4v) is 7.32. The number of hydrogen-bond donors (Lipinski definition) is 1. The molecule has 2 saturated heterocycles. The Hall–Kier alpha value is -2.60. The molecule has 32 heavy (non-hydrogen) atoms. The van der Waals surface area contributed by atoms with Crippen LogP contribution in [0, 0.1) is 5.92 Å². The van der Waals surface area contributed by atoms with E-state index in [-0.39, 0.29) is 23.7 Å². The minimum Gasteiger partial charge on any atom is -0.324 e. The zero-order valence-electron chi connectivity index (χ0n) is 17.2. The number of carbonyl (C=O) groups excluding carboxylic acids is 2. The van der Waals surface area contributed by atoms with Crippen molar-refractivity contribution in [3.05, 3.63) is 101 Å². The number of fused-ring (bicyclic) bond motifs is 4. The van der Waals surface area contributed by atoms with Gasteiger partial charge in [0, 0.05) is 45.4 Å². The van der Waals surface area contributed by atoms with E-state index in [4.69, 9.17) is 11.6 Å². The predicted octanol–water partition coefficient (Wildman–Crippen LogP) is 5.16. The molecule has 4 nitrogen and oxygen atoms in total. The Labute approximate surface area is 196 Å². The average molecular weight is 461 g/mol. The molecule has 160 valence electrons. The number of carbonyl (C=O) groups is 2. The second kappa shape index (κ2) is 7.48. The Kier molecular flexibility index (Phi) is 4.68. The highest BCUT2D eigenvalue weighted by Crippen LogP contribution is 2.61. The largest absolute Gasteiger partial charge is 0.324 e. The molecule has 1 spiro atoms. The van der Waals surface area contributed by atoms with Crippen LogP contribution >= 0.6 is 23.4 Å². The van der Waals surface area contributed by atoms with Crippen molar-refractivity contribution in [3.63, 3.8) is 0 Å². The van der Waals surface area contributed by atoms with E-state index in [9.17, 15) is 9.59 Å². The molecule has 6 heteroatoms. The van der Waals surface area contributed by atoms with Gasteiger partial charge in [-0.1, -0.05) is 72.3 Å². The van der Waals surface area contributed by atoms with Crippen LogP contribution in [0.15, 0.2) is 78.9 Å². The van der Waals surface area contributed by atoms with Crippen LogP contribution in [0.5, 0.6) is 0 Å². The molecule has 3 aliphatic heterocycles. The van der Waals surface area contributed by atoms with Gasteiger partial charge in [-0.2, -0.15) is 0 Å². The lowest BCUT2D eigenvalue weighted by Gasteiger charge is -2.36. The number of benzene rings is 3. The van der Waals surface area contributed by atoms with Gasteiger partial charge in [-0.25, -0.2) is 0 Å². The monoisotopic (exact) mass is 460 g/mol. The Morgan fingerprint density at radius 3 is 2.50 bits per heavy atom. The first-order chi connectivity index (χ1) is 15.6. The number of Topliss-reactive ketones (excluding diaryl/α,β-unsaturated/α-hetero) is 1. The molecule has 3 aromatic rings. The number of halogens is 1. The Balaban J connectivity index is 1.62. The van der Waals surface area contributed by atoms with Crippen molar-refractivity contribution in [1.82, 2.24) is 4.90 Å². The van der Waals surface area contributed by atoms with E-state index in [1.54, 1.807) is 0 Å². The van der Waals surface area contributed by atoms with Gasteiger partial charge >= 0.3 is 0 Å². The quantitative estimate of drug-likeness (QED) is 0.548. The molecule has 2 fully saturated rings. The molecule has 4 unspecified atom stereocenters. The van der Waals surface area contributed by atoms with Gasteiger partial charge < -0.3 is 5.32 Å². The number of thioether (sulfide) groups is 1. The van der Waals surface area contributed by atoms with Crippen molar-refractivity contribution < 1.29 is 9.59 Å². The lowest BCUT2D eigenvalue weighted by atomic mass is 9.69. The third kappa shape index (κ3) is 2.68. The van der Waals surface area contributed by atoms with Crippen molar-refractivity contribution in [3.8, 4) is 0 Å². The third-order valence-electron chi connectivity index (χ3n) is 7.12. The Morgan fingerprint density at radius 2 is 1.72 bits per heavy atom. The summed E-state index contributed by atoms with van der Waals surface area (Å²) in [6, 6.07) is 25.0. The molecule has 0 bridgehead atoms. The zero-order valence-corrected chi connectivity index (χ0v) is 18.8. The molecule has 1 amide bonds. The highest BCUT2D eigenvalue weighted by atomic mass is 35.5. The van der Waals surface area contributed by atoms with E-state index in [2.05, 4.69) is 10.2 Å². The fraction of sp³-hybridized carbons (Fsp3) is 0.231. The summed E-state index contributed by atoms with van der Waals surface area (Å²) in [7, 11) is 0. The standard InChI is InChI=1S/C26H21ClN2O2S/c27-18-12-10-16(11-13-18)22-21-14-32-15-29(21)26(19-8-4-5-9-20(19)28-25(26)31)23(22)24(30)17-6-2-1-3-7-17/h1-13,21-23H,14-15H2,(H,28,31). The van der Waals surface area contributed by atoms with Gasteiger partial charge in [-0.15, -0.1) is 11.8 Å². The molecular formula is C26H21ClN2O2S. The van der Waals surface area contributed by atoms with Crippen LogP contribution < -0.4 is 5.32 Å². The maximum absolute atomic E-state index is 14.2. The fourth-order valence-electron chi connectivity index (χ4n) is 5.87. The van der Waals surface area contributed by atoms with Gasteiger partial charge in [-0.05, 0) is 23.8 Å². The molecule has 4 atom stereocenters. The maximum atomic E-state index is 14.2. The third-order valence-corrected chi connectivity index (χ3v) is 8.41. The summed E-state index contributed by atoms with van der Waals surface area (Å²) in [5.74, 6) is 0.847. The SMILES string of the molecule is O=C(c1ccccc1)C1C(c2ccc(Cl)cc2)C2CSCN2C12C(=O)Nc1ccccc12. The van der Waals surface area contributed by atoms with Crippen molar-refractivity contribution >= 4 is 40.7 Å². The van der Waals surface area contributed by atoms with Crippen molar-refractivity contribution in [2.75, 3.05) is 16.9 Å². The molecule has 0 aliphatic carbocycles. The second-order valence-corrected chi connectivity index (χ2v) is 10.0. The van der Waals surface area contributed by atoms with Gasteiger partial charge in [0.05, 0.1) is 5.92 Å². The van der Waals surface area contributed by atoms with Gasteiger partial charge in [-0.3, -0.25) is 14.5 Å². The Morgan fingerprint density at radius 1 is 1.00 bits per heavy atom. The Bertz CT molecular complexity index is 1220. The van der Waals surface area contributed by atoms with E-state index in [1.165, 1.54) is 0 Å². The smallest absolute Gasteiger partial charge is 0.250 e. The molecule has 0 radical (unpaired) electrons. The molecule has 3 heterocycles. The van der Waals surface area contributed by atoms with E-state index < -0.39 is 11.5 Å². The normalized spacial score (nSPS) is 28.5. The number of para-hydroxylation sites is 1. The van der Waals surface area contributed by atoms with Gasteiger partial charge in [0.15, 0.2) is 5.78 Å². The van der Waals surface area contributed by atoms with Crippen LogP contribution in [0.1, 0.15) is 27.4 Å². The maximum Gasteiger partial charge on any atom is 0.250 e. The summed E-state index contributed by atoms with van der Waals surface area (Å²) in [5.41, 5.74) is 2.37. The summed E-state index contributed by atoms with van der Waals surface area (Å²) in [4.78, 5) is 30.3. The van der Waals surface area contributed by atoms with Crippen LogP contribution in [-0.2, 0) is 10.3 Å². The highest BCUT2D eigenvalue weighted by Gasteiger charge is 2.69. The molecule has 0 saturated carbocycles. The van der Waals surface area contributed by atoms with Crippen LogP contribution in [-0.4, -0.2) is 34.3 Å². The topological polar surface area (TPSA) is 49.4 Å². The summed E-state index contributed by atoms with van der Waals surface area (Å²) in [5, 5.41) is 3.76. The number of nitrogens with one attached hydrogen (secondary N) is 1. The van der Waals surface area contributed by atoms with Gasteiger partial charge in [0.1, 0.15) is 5.54 Å². The van der Waals surface area contributed by atoms with Gasteiger partial charge in [0.2, 0.25) is 5.91 Å². The number of rotatable bonds is 3. The van der Waals surface area contributed by atoms with Crippen molar-refractivity contribution in [1.29, 1.82) is 0 Å². The molecule has 3 aromatic carbocycles. The molecule has 3 aliphatic rings. The van der Waals surface area contributed by atoms with Crippen molar-refractivity contribution in [2.24, 2.45) is 5.92 Å². The molecule has 1 N–H and O–H groups in total. The van der Waals surface area contributed by atoms with Crippen LogP contribution in [0.2, 0.25) is 5.02 Å². The summed E-state index contributed by atoms with van der Waals surface area (Å²) in [6.45, 7) is 0. The number of hydrogen-bond acceptors (Lipinski definition) is 4. The number of nitrogens with zero attached hydrogens (tertiary/aromatic N) is 1. The van der Waals surface area contributed by atoms with Crippen molar-refractivity contribution in [2.45, 2.75) is 17.5 Å². The minimum atomic E-state index is -1.03. The number of anilines is 1. The van der Waals surface area contributed by atoms with Crippen LogP contribution in [0.3, 0.4) is 0 Å². The number of ketones is 1. The minimum absolute atomic E-state index is 0.0109. The van der Waals surface area contributed by atoms with Crippen LogP contribution in [0.4, 0.5) is 5.69 Å². The predicted molar refractivity (Wildman–Crippen MR) is 128 cm³/mol. The van der Waals surface area contributed by atoms with Gasteiger partial charge in [0.25, 0.3) is 0 Å². The second-order valence-electron chi connectivity index (χ2n) is 8.59. The zero-order chi connectivity index (χ0) is 21.9. The highest BCUT2D eigenvalue weighted by molar-refractivity contribution is 7.99. The molecule has 0 aromatic heterocycles. The first-order valence-electron chi connectivity index (χ1n) is 10.7. The van der Waals surface area contributed by atoms with E-state index in [0.717, 1.165) is 28.4 Å². The average Bonchev–Trinajstić information content (AvgIpc) is 3.48. The molecular weight excluding hydrogens is 440 g/mol. The van der Waals surface area contributed by atoms with E-state index in [0.29, 0.717) is 10.6 Å². The van der Waals surface area contributed by atoms with E-state index >= 15 is 0 Å². The molecule has 6 rings (SSSR count). The van der Waals surface area contributed by atoms with Crippen LogP contribution in [0.25, 0.3) is 0 Å². The summed E-state index contributed by atoms with van der Waals surface area (Å²) in [6.07, 6.45) is 0. The summed E-state index contributed by atoms with van der Waals surface area (Å²) < 4.78 is 0. The lowest BCUT2D eigenvalue weighted by Crippen LogP contribution is -2.52. The number of amides is 1. The first kappa shape index (κ1) is 20.0. The van der Waals surface area contributed by atoms with E-state index in [1.807, 2.05) is 90.6 Å². The lowest BCUT2D eigenvalue weighted by molar-refractivity contribution is -0.127.